The smallest absolute Gasteiger partial charge is 0.227 e. The molecule has 1 aromatic rings. The number of nitrogens with zero attached hydrogens (tertiary/aromatic N) is 2. The Kier molecular flexibility index (Phi) is 5.75. The van der Waals surface area contributed by atoms with E-state index < -0.39 is 6.10 Å². The third kappa shape index (κ3) is 5.26. The quantitative estimate of drug-likeness (QED) is 0.680. The summed E-state index contributed by atoms with van der Waals surface area (Å²) in [5.74, 6) is 1.28. The van der Waals surface area contributed by atoms with Gasteiger partial charge in [-0.1, -0.05) is 18.0 Å². The van der Waals surface area contributed by atoms with Crippen LogP contribution in [0.5, 0.6) is 0 Å². The van der Waals surface area contributed by atoms with Gasteiger partial charge in [0.15, 0.2) is 5.82 Å². The van der Waals surface area contributed by atoms with Crippen LogP contribution in [0.2, 0.25) is 0 Å². The molecular formula is C13H23N3O3. The van der Waals surface area contributed by atoms with Gasteiger partial charge in [0, 0.05) is 19.5 Å². The summed E-state index contributed by atoms with van der Waals surface area (Å²) in [5.41, 5.74) is 0. The van der Waals surface area contributed by atoms with Crippen molar-refractivity contribution in [2.24, 2.45) is 0 Å². The molecule has 1 atom stereocenters. The molecule has 0 saturated heterocycles. The molecule has 1 aliphatic carbocycles. The highest BCUT2D eigenvalue weighted by Crippen LogP contribution is 2.20. The predicted octanol–water partition coefficient (Wildman–Crippen LogP) is 0.830. The lowest BCUT2D eigenvalue weighted by Crippen LogP contribution is -2.32. The highest BCUT2D eigenvalue weighted by atomic mass is 16.5. The standard InChI is InChI=1S/C13H23N3O3/c1-10-15-13(19-16-10)6-7-14-8-11(17)9-18-12-4-2-3-5-12/h11-12,14,17H,2-9H2,1H3. The van der Waals surface area contributed by atoms with Crippen molar-refractivity contribution >= 4 is 0 Å². The Hall–Kier alpha value is -0.980. The lowest BCUT2D eigenvalue weighted by Gasteiger charge is -2.15. The van der Waals surface area contributed by atoms with Gasteiger partial charge in [0.2, 0.25) is 5.89 Å². The van der Waals surface area contributed by atoms with Crippen molar-refractivity contribution in [3.63, 3.8) is 0 Å². The molecule has 6 heteroatoms. The lowest BCUT2D eigenvalue weighted by atomic mass is 10.3. The van der Waals surface area contributed by atoms with Crippen molar-refractivity contribution in [3.8, 4) is 0 Å². The molecule has 2 rings (SSSR count). The Bertz CT molecular complexity index is 364. The topological polar surface area (TPSA) is 80.4 Å². The van der Waals surface area contributed by atoms with E-state index in [0.717, 1.165) is 12.8 Å². The zero-order chi connectivity index (χ0) is 13.5. The summed E-state index contributed by atoms with van der Waals surface area (Å²) < 4.78 is 10.7. The Labute approximate surface area is 113 Å². The van der Waals surface area contributed by atoms with E-state index in [0.29, 0.717) is 43.9 Å². The summed E-state index contributed by atoms with van der Waals surface area (Å²) in [6, 6.07) is 0. The van der Waals surface area contributed by atoms with Crippen molar-refractivity contribution in [1.82, 2.24) is 15.5 Å². The Balaban J connectivity index is 1.50. The molecule has 1 aromatic heterocycles. The first kappa shape index (κ1) is 14.4. The first-order chi connectivity index (χ1) is 9.24. The molecule has 108 valence electrons. The minimum Gasteiger partial charge on any atom is -0.389 e. The number of hydrogen-bond donors (Lipinski definition) is 2. The van der Waals surface area contributed by atoms with Gasteiger partial charge in [0.1, 0.15) is 0 Å². The van der Waals surface area contributed by atoms with Crippen LogP contribution in [0.4, 0.5) is 0 Å². The van der Waals surface area contributed by atoms with Crippen LogP contribution in [-0.4, -0.2) is 47.2 Å². The summed E-state index contributed by atoms with van der Waals surface area (Å²) in [6.45, 7) is 3.45. The van der Waals surface area contributed by atoms with Gasteiger partial charge in [-0.15, -0.1) is 0 Å². The maximum Gasteiger partial charge on any atom is 0.227 e. The fraction of sp³-hybridized carbons (Fsp3) is 0.846. The molecule has 1 heterocycles. The summed E-state index contributed by atoms with van der Waals surface area (Å²) in [5, 5.41) is 16.7. The van der Waals surface area contributed by atoms with E-state index in [1.54, 1.807) is 6.92 Å². The number of rotatable bonds is 8. The Morgan fingerprint density at radius 2 is 2.26 bits per heavy atom. The second-order valence-electron chi connectivity index (χ2n) is 5.08. The monoisotopic (exact) mass is 269 g/mol. The zero-order valence-electron chi connectivity index (χ0n) is 11.5. The van der Waals surface area contributed by atoms with Crippen LogP contribution in [0, 0.1) is 6.92 Å². The minimum atomic E-state index is -0.454. The van der Waals surface area contributed by atoms with Gasteiger partial charge in [-0.2, -0.15) is 4.98 Å². The molecule has 0 spiro atoms. The second kappa shape index (κ2) is 7.57. The first-order valence-electron chi connectivity index (χ1n) is 7.03. The normalized spacial score (nSPS) is 18.0. The summed E-state index contributed by atoms with van der Waals surface area (Å²) >= 11 is 0. The zero-order valence-corrected chi connectivity index (χ0v) is 11.5. The number of nitrogens with one attached hydrogen (secondary N) is 1. The van der Waals surface area contributed by atoms with Crippen molar-refractivity contribution < 1.29 is 14.4 Å². The molecule has 1 unspecified atom stereocenters. The largest absolute Gasteiger partial charge is 0.389 e. The number of hydrogen-bond acceptors (Lipinski definition) is 6. The minimum absolute atomic E-state index is 0.357. The van der Waals surface area contributed by atoms with Crippen molar-refractivity contribution in [3.05, 3.63) is 11.7 Å². The van der Waals surface area contributed by atoms with Gasteiger partial charge in [-0.05, 0) is 19.8 Å². The van der Waals surface area contributed by atoms with Gasteiger partial charge < -0.3 is 19.7 Å². The van der Waals surface area contributed by atoms with Crippen LogP contribution in [0.25, 0.3) is 0 Å². The van der Waals surface area contributed by atoms with Crippen LogP contribution in [0.15, 0.2) is 4.52 Å². The van der Waals surface area contributed by atoms with Gasteiger partial charge >= 0.3 is 0 Å². The van der Waals surface area contributed by atoms with Gasteiger partial charge in [-0.3, -0.25) is 0 Å². The second-order valence-corrected chi connectivity index (χ2v) is 5.08. The van der Waals surface area contributed by atoms with E-state index in [9.17, 15) is 5.11 Å². The van der Waals surface area contributed by atoms with Crippen LogP contribution >= 0.6 is 0 Å². The fourth-order valence-electron chi connectivity index (χ4n) is 2.27. The lowest BCUT2D eigenvalue weighted by molar-refractivity contribution is -0.00533. The molecule has 0 amide bonds. The SMILES string of the molecule is Cc1noc(CCNCC(O)COC2CCCC2)n1. The van der Waals surface area contributed by atoms with E-state index in [2.05, 4.69) is 15.5 Å². The van der Waals surface area contributed by atoms with Crippen LogP contribution in [-0.2, 0) is 11.2 Å². The van der Waals surface area contributed by atoms with Crippen molar-refractivity contribution in [2.45, 2.75) is 51.2 Å². The van der Waals surface area contributed by atoms with Crippen molar-refractivity contribution in [2.75, 3.05) is 19.7 Å². The number of aryl methyl sites for hydroxylation is 1. The van der Waals surface area contributed by atoms with E-state index >= 15 is 0 Å². The first-order valence-corrected chi connectivity index (χ1v) is 7.03. The predicted molar refractivity (Wildman–Crippen MR) is 69.8 cm³/mol. The van der Waals surface area contributed by atoms with Crippen LogP contribution in [0.3, 0.4) is 0 Å². The van der Waals surface area contributed by atoms with Crippen LogP contribution < -0.4 is 5.32 Å². The molecule has 2 N–H and O–H groups in total. The van der Waals surface area contributed by atoms with Crippen LogP contribution in [0.1, 0.15) is 37.4 Å². The Morgan fingerprint density at radius 1 is 1.47 bits per heavy atom. The molecule has 0 aromatic carbocycles. The third-order valence-electron chi connectivity index (χ3n) is 3.29. The number of aliphatic hydroxyl groups is 1. The molecular weight excluding hydrogens is 246 g/mol. The third-order valence-corrected chi connectivity index (χ3v) is 3.29. The molecule has 0 bridgehead atoms. The number of aromatic nitrogens is 2. The molecule has 1 fully saturated rings. The Morgan fingerprint density at radius 3 is 2.95 bits per heavy atom. The molecule has 19 heavy (non-hydrogen) atoms. The molecule has 6 nitrogen and oxygen atoms in total. The van der Waals surface area contributed by atoms with Crippen molar-refractivity contribution in [1.29, 1.82) is 0 Å². The average molecular weight is 269 g/mol. The van der Waals surface area contributed by atoms with E-state index in [-0.39, 0.29) is 0 Å². The average Bonchev–Trinajstić information content (AvgIpc) is 3.04. The molecule has 1 aliphatic rings. The fourth-order valence-corrected chi connectivity index (χ4v) is 2.27. The summed E-state index contributed by atoms with van der Waals surface area (Å²) in [7, 11) is 0. The highest BCUT2D eigenvalue weighted by Gasteiger charge is 2.16. The van der Waals surface area contributed by atoms with Gasteiger partial charge in [-0.25, -0.2) is 0 Å². The summed E-state index contributed by atoms with van der Waals surface area (Å²) in [6.07, 6.45) is 5.36. The maximum atomic E-state index is 9.77. The highest BCUT2D eigenvalue weighted by molar-refractivity contribution is 4.83. The number of ether oxygens (including phenoxy) is 1. The van der Waals surface area contributed by atoms with Gasteiger partial charge in [0.05, 0.1) is 18.8 Å². The van der Waals surface area contributed by atoms with E-state index in [4.69, 9.17) is 9.26 Å². The maximum absolute atomic E-state index is 9.77. The van der Waals surface area contributed by atoms with E-state index in [1.165, 1.54) is 12.8 Å². The van der Waals surface area contributed by atoms with E-state index in [1.807, 2.05) is 0 Å². The number of aliphatic hydroxyl groups excluding tert-OH is 1. The molecule has 1 saturated carbocycles. The molecule has 0 radical (unpaired) electrons. The summed E-state index contributed by atoms with van der Waals surface area (Å²) in [4.78, 5) is 4.11. The van der Waals surface area contributed by atoms with Gasteiger partial charge in [0.25, 0.3) is 0 Å². The molecule has 0 aliphatic heterocycles.